The fraction of sp³-hybridized carbons (Fsp3) is 0.462. The molecule has 0 unspecified atom stereocenters. The van der Waals surface area contributed by atoms with Gasteiger partial charge in [-0.25, -0.2) is 0 Å². The van der Waals surface area contributed by atoms with Crippen molar-refractivity contribution >= 4 is 5.91 Å². The largest absolute Gasteiger partial charge is 0.494 e. The highest BCUT2D eigenvalue weighted by Gasteiger charge is 1.97. The van der Waals surface area contributed by atoms with Crippen LogP contribution >= 0.6 is 0 Å². The van der Waals surface area contributed by atoms with Gasteiger partial charge in [-0.05, 0) is 37.6 Å². The summed E-state index contributed by atoms with van der Waals surface area (Å²) >= 11 is 0. The third-order valence-corrected chi connectivity index (χ3v) is 2.32. The Morgan fingerprint density at radius 1 is 1.47 bits per heavy atom. The molecule has 1 aromatic rings. The third-order valence-electron chi connectivity index (χ3n) is 2.32. The number of hydrogen-bond donors (Lipinski definition) is 2. The maximum Gasteiger partial charge on any atom is 0.217 e. The summed E-state index contributed by atoms with van der Waals surface area (Å²) < 4.78 is 5.42. The lowest BCUT2D eigenvalue weighted by molar-refractivity contribution is -0.118. The van der Waals surface area contributed by atoms with Crippen LogP contribution in [0.2, 0.25) is 0 Å². The van der Waals surface area contributed by atoms with E-state index < -0.39 is 0 Å². The highest BCUT2D eigenvalue weighted by atomic mass is 16.5. The van der Waals surface area contributed by atoms with E-state index in [1.807, 2.05) is 31.2 Å². The number of nitrogens with two attached hydrogens (primary N) is 1. The smallest absolute Gasteiger partial charge is 0.217 e. The zero-order chi connectivity index (χ0) is 12.5. The van der Waals surface area contributed by atoms with E-state index in [1.165, 1.54) is 5.56 Å². The van der Waals surface area contributed by atoms with E-state index in [0.29, 0.717) is 13.0 Å². The molecule has 1 aromatic carbocycles. The fourth-order valence-electron chi connectivity index (χ4n) is 1.53. The van der Waals surface area contributed by atoms with Gasteiger partial charge >= 0.3 is 0 Å². The Labute approximate surface area is 102 Å². The average Bonchev–Trinajstić information content (AvgIpc) is 2.29. The number of amides is 1. The molecule has 0 aromatic heterocycles. The molecule has 0 bridgehead atoms. The Kier molecular flexibility index (Phi) is 6.10. The highest BCUT2D eigenvalue weighted by Crippen LogP contribution is 2.12. The van der Waals surface area contributed by atoms with E-state index in [9.17, 15) is 4.79 Å². The van der Waals surface area contributed by atoms with Gasteiger partial charge in [0.25, 0.3) is 0 Å². The minimum Gasteiger partial charge on any atom is -0.494 e. The predicted molar refractivity (Wildman–Crippen MR) is 67.7 cm³/mol. The van der Waals surface area contributed by atoms with Crippen molar-refractivity contribution in [3.05, 3.63) is 29.8 Å². The summed E-state index contributed by atoms with van der Waals surface area (Å²) in [5.41, 5.74) is 6.23. The highest BCUT2D eigenvalue weighted by molar-refractivity contribution is 5.73. The molecule has 0 aliphatic rings. The second-order valence-corrected chi connectivity index (χ2v) is 3.83. The van der Waals surface area contributed by atoms with Gasteiger partial charge < -0.3 is 15.8 Å². The summed E-state index contributed by atoms with van der Waals surface area (Å²) in [5.74, 6) is 0.647. The summed E-state index contributed by atoms with van der Waals surface area (Å²) in [6.07, 6.45) is 1.21. The molecule has 4 heteroatoms. The lowest BCUT2D eigenvalue weighted by atomic mass is 10.2. The zero-order valence-corrected chi connectivity index (χ0v) is 10.2. The lowest BCUT2D eigenvalue weighted by Crippen LogP contribution is -2.18. The molecule has 1 amide bonds. The summed E-state index contributed by atoms with van der Waals surface area (Å²) in [5, 5.41) is 3.26. The summed E-state index contributed by atoms with van der Waals surface area (Å²) in [7, 11) is 0. The summed E-state index contributed by atoms with van der Waals surface area (Å²) in [6.45, 7) is 4.21. The van der Waals surface area contributed by atoms with Crippen molar-refractivity contribution < 1.29 is 9.53 Å². The second kappa shape index (κ2) is 7.68. The summed E-state index contributed by atoms with van der Waals surface area (Å²) in [6, 6.07) is 7.99. The first-order valence-electron chi connectivity index (χ1n) is 5.93. The molecule has 0 aliphatic heterocycles. The minimum absolute atomic E-state index is 0.245. The van der Waals surface area contributed by atoms with Crippen LogP contribution in [0.4, 0.5) is 0 Å². The molecule has 0 saturated heterocycles. The lowest BCUT2D eigenvalue weighted by Gasteiger charge is -2.07. The Morgan fingerprint density at radius 3 is 3.00 bits per heavy atom. The molecular weight excluding hydrogens is 216 g/mol. The molecule has 3 N–H and O–H groups in total. The minimum atomic E-state index is -0.245. The van der Waals surface area contributed by atoms with Gasteiger partial charge in [-0.2, -0.15) is 0 Å². The molecule has 0 saturated carbocycles. The number of rotatable bonds is 8. The van der Waals surface area contributed by atoms with Crippen molar-refractivity contribution in [3.8, 4) is 5.75 Å². The van der Waals surface area contributed by atoms with Crippen LogP contribution in [0.3, 0.4) is 0 Å². The molecule has 0 fully saturated rings. The topological polar surface area (TPSA) is 64.3 Å². The standard InChI is InChI=1S/C13H20N2O2/c1-2-17-12-6-3-5-11(9-12)10-15-8-4-7-13(14)16/h3,5-6,9,15H,2,4,7-8,10H2,1H3,(H2,14,16). The zero-order valence-electron chi connectivity index (χ0n) is 10.2. The normalized spacial score (nSPS) is 10.2. The van der Waals surface area contributed by atoms with Gasteiger partial charge in [0.2, 0.25) is 5.91 Å². The van der Waals surface area contributed by atoms with Gasteiger partial charge in [0.1, 0.15) is 5.75 Å². The van der Waals surface area contributed by atoms with Crippen LogP contribution in [0, 0.1) is 0 Å². The molecule has 1 rings (SSSR count). The van der Waals surface area contributed by atoms with Gasteiger partial charge in [0, 0.05) is 13.0 Å². The Bertz CT molecular complexity index is 353. The Balaban J connectivity index is 2.26. The van der Waals surface area contributed by atoms with Crippen LogP contribution in [0.5, 0.6) is 5.75 Å². The number of nitrogens with one attached hydrogen (secondary N) is 1. The first-order valence-corrected chi connectivity index (χ1v) is 5.93. The van der Waals surface area contributed by atoms with E-state index in [-0.39, 0.29) is 5.91 Å². The second-order valence-electron chi connectivity index (χ2n) is 3.83. The van der Waals surface area contributed by atoms with Crippen LogP contribution in [0.1, 0.15) is 25.3 Å². The maximum atomic E-state index is 10.5. The molecule has 0 aliphatic carbocycles. The van der Waals surface area contributed by atoms with Crippen LogP contribution in [-0.2, 0) is 11.3 Å². The van der Waals surface area contributed by atoms with Crippen molar-refractivity contribution in [2.24, 2.45) is 5.73 Å². The van der Waals surface area contributed by atoms with Crippen molar-refractivity contribution in [3.63, 3.8) is 0 Å². The first kappa shape index (κ1) is 13.5. The molecule has 4 nitrogen and oxygen atoms in total. The maximum absolute atomic E-state index is 10.5. The number of carbonyl (C=O) groups is 1. The monoisotopic (exact) mass is 236 g/mol. The average molecular weight is 236 g/mol. The molecule has 17 heavy (non-hydrogen) atoms. The van der Waals surface area contributed by atoms with Crippen LogP contribution in [0.25, 0.3) is 0 Å². The van der Waals surface area contributed by atoms with Crippen LogP contribution in [0.15, 0.2) is 24.3 Å². The van der Waals surface area contributed by atoms with Crippen molar-refractivity contribution in [2.45, 2.75) is 26.3 Å². The van der Waals surface area contributed by atoms with Crippen molar-refractivity contribution in [2.75, 3.05) is 13.2 Å². The Hall–Kier alpha value is -1.55. The Morgan fingerprint density at radius 2 is 2.29 bits per heavy atom. The summed E-state index contributed by atoms with van der Waals surface area (Å²) in [4.78, 5) is 10.5. The third kappa shape index (κ3) is 5.92. The van der Waals surface area contributed by atoms with Gasteiger partial charge in [-0.1, -0.05) is 12.1 Å². The SMILES string of the molecule is CCOc1cccc(CNCCCC(N)=O)c1. The fourth-order valence-corrected chi connectivity index (χ4v) is 1.53. The van der Waals surface area contributed by atoms with E-state index in [0.717, 1.165) is 25.3 Å². The molecule has 0 atom stereocenters. The molecule has 0 radical (unpaired) electrons. The van der Waals surface area contributed by atoms with Gasteiger partial charge in [0.15, 0.2) is 0 Å². The van der Waals surface area contributed by atoms with Gasteiger partial charge in [-0.15, -0.1) is 0 Å². The van der Waals surface area contributed by atoms with Gasteiger partial charge in [0.05, 0.1) is 6.61 Å². The number of carbonyl (C=O) groups excluding carboxylic acids is 1. The van der Waals surface area contributed by atoms with Crippen LogP contribution in [-0.4, -0.2) is 19.1 Å². The number of benzene rings is 1. The van der Waals surface area contributed by atoms with E-state index >= 15 is 0 Å². The number of hydrogen-bond acceptors (Lipinski definition) is 3. The van der Waals surface area contributed by atoms with Crippen molar-refractivity contribution in [1.29, 1.82) is 0 Å². The van der Waals surface area contributed by atoms with E-state index in [2.05, 4.69) is 5.32 Å². The molecule has 94 valence electrons. The molecule has 0 spiro atoms. The van der Waals surface area contributed by atoms with Crippen LogP contribution < -0.4 is 15.8 Å². The quantitative estimate of drug-likeness (QED) is 0.671. The molecular formula is C13H20N2O2. The van der Waals surface area contributed by atoms with Crippen molar-refractivity contribution in [1.82, 2.24) is 5.32 Å². The first-order chi connectivity index (χ1) is 8.22. The van der Waals surface area contributed by atoms with Gasteiger partial charge in [-0.3, -0.25) is 4.79 Å². The van der Waals surface area contributed by atoms with E-state index in [1.54, 1.807) is 0 Å². The molecule has 0 heterocycles. The predicted octanol–water partition coefficient (Wildman–Crippen LogP) is 1.44. The number of primary amides is 1. The van der Waals surface area contributed by atoms with E-state index in [4.69, 9.17) is 10.5 Å². The number of ether oxygens (including phenoxy) is 1.